The number of nitrogens with zero attached hydrogens (tertiary/aromatic N) is 2. The number of hydrogen-bond acceptors (Lipinski definition) is 4. The van der Waals surface area contributed by atoms with Crippen molar-refractivity contribution in [3.05, 3.63) is 24.0 Å². The minimum atomic E-state index is -1.11. The van der Waals surface area contributed by atoms with E-state index in [0.29, 0.717) is 5.69 Å². The summed E-state index contributed by atoms with van der Waals surface area (Å²) in [7, 11) is 1.51. The number of nitrogens with one attached hydrogen (secondary N) is 1. The quantitative estimate of drug-likeness (QED) is 0.698. The van der Waals surface area contributed by atoms with Crippen LogP contribution >= 0.6 is 0 Å². The number of amides is 2. The lowest BCUT2D eigenvalue weighted by molar-refractivity contribution is 0.0696. The topological polar surface area (TPSA) is 103 Å². The number of pyridine rings is 1. The number of carbonyl (C=O) groups is 2. The monoisotopic (exact) mass is 239 g/mol. The van der Waals surface area contributed by atoms with E-state index >= 15 is 0 Å². The summed E-state index contributed by atoms with van der Waals surface area (Å²) in [4.78, 5) is 27.2. The highest BCUT2D eigenvalue weighted by molar-refractivity contribution is 5.92. The van der Waals surface area contributed by atoms with Crippen LogP contribution in [0.4, 0.5) is 10.5 Å². The van der Waals surface area contributed by atoms with Crippen molar-refractivity contribution in [2.45, 2.75) is 0 Å². The summed E-state index contributed by atoms with van der Waals surface area (Å²) in [5.41, 5.74) is 0.285. The molecule has 1 aromatic rings. The van der Waals surface area contributed by atoms with E-state index < -0.39 is 12.0 Å². The molecular weight excluding hydrogens is 226 g/mol. The van der Waals surface area contributed by atoms with Crippen molar-refractivity contribution in [3.63, 3.8) is 0 Å². The summed E-state index contributed by atoms with van der Waals surface area (Å²) < 4.78 is 0. The maximum atomic E-state index is 11.5. The average Bonchev–Trinajstić information content (AvgIpc) is 2.29. The lowest BCUT2D eigenvalue weighted by Gasteiger charge is -2.16. The van der Waals surface area contributed by atoms with Crippen molar-refractivity contribution in [3.8, 4) is 0 Å². The third-order valence-electron chi connectivity index (χ3n) is 2.02. The zero-order valence-electron chi connectivity index (χ0n) is 9.25. The molecule has 7 heteroatoms. The number of rotatable bonds is 4. The molecule has 1 aromatic heterocycles. The van der Waals surface area contributed by atoms with Crippen LogP contribution in [0.15, 0.2) is 18.5 Å². The van der Waals surface area contributed by atoms with E-state index in [-0.39, 0.29) is 18.7 Å². The SMILES string of the molecule is CN(CCO)C(=O)Nc1cncc(C(=O)O)c1. The maximum absolute atomic E-state index is 11.5. The van der Waals surface area contributed by atoms with Crippen LogP contribution in [0.3, 0.4) is 0 Å². The van der Waals surface area contributed by atoms with Crippen molar-refractivity contribution in [2.24, 2.45) is 0 Å². The van der Waals surface area contributed by atoms with E-state index in [9.17, 15) is 9.59 Å². The second kappa shape index (κ2) is 5.80. The predicted octanol–water partition coefficient (Wildman–Crippen LogP) is 0.236. The molecule has 0 fully saturated rings. The summed E-state index contributed by atoms with van der Waals surface area (Å²) in [6.45, 7) is 0.0508. The highest BCUT2D eigenvalue weighted by atomic mass is 16.4. The molecule has 0 spiro atoms. The molecular formula is C10H13N3O4. The molecule has 0 aliphatic heterocycles. The van der Waals surface area contributed by atoms with E-state index in [2.05, 4.69) is 10.3 Å². The maximum Gasteiger partial charge on any atom is 0.337 e. The molecule has 2 amide bonds. The Morgan fingerprint density at radius 3 is 2.76 bits per heavy atom. The Morgan fingerprint density at radius 1 is 1.47 bits per heavy atom. The first kappa shape index (κ1) is 12.9. The normalized spacial score (nSPS) is 9.76. The second-order valence-electron chi connectivity index (χ2n) is 3.34. The number of aromatic nitrogens is 1. The van der Waals surface area contributed by atoms with Gasteiger partial charge in [0.05, 0.1) is 24.1 Å². The first-order valence-corrected chi connectivity index (χ1v) is 4.86. The van der Waals surface area contributed by atoms with E-state index in [1.165, 1.54) is 30.4 Å². The highest BCUT2D eigenvalue weighted by Gasteiger charge is 2.10. The fourth-order valence-electron chi connectivity index (χ4n) is 1.10. The predicted molar refractivity (Wildman–Crippen MR) is 59.9 cm³/mol. The third-order valence-corrected chi connectivity index (χ3v) is 2.02. The molecule has 0 unspecified atom stereocenters. The Morgan fingerprint density at radius 2 is 2.18 bits per heavy atom. The minimum absolute atomic E-state index is 0.00684. The number of carbonyl (C=O) groups excluding carboxylic acids is 1. The van der Waals surface area contributed by atoms with Gasteiger partial charge in [-0.05, 0) is 6.07 Å². The lowest BCUT2D eigenvalue weighted by Crippen LogP contribution is -2.33. The smallest absolute Gasteiger partial charge is 0.337 e. The number of aliphatic hydroxyl groups excluding tert-OH is 1. The third kappa shape index (κ3) is 3.72. The van der Waals surface area contributed by atoms with Gasteiger partial charge in [-0.15, -0.1) is 0 Å². The van der Waals surface area contributed by atoms with Crippen LogP contribution in [0.25, 0.3) is 0 Å². The van der Waals surface area contributed by atoms with E-state index in [1.807, 2.05) is 0 Å². The zero-order valence-corrected chi connectivity index (χ0v) is 9.25. The molecule has 92 valence electrons. The number of aliphatic hydroxyl groups is 1. The number of aromatic carboxylic acids is 1. The van der Waals surface area contributed by atoms with Gasteiger partial charge >= 0.3 is 12.0 Å². The minimum Gasteiger partial charge on any atom is -0.478 e. The number of carboxylic acid groups (broad SMARTS) is 1. The van der Waals surface area contributed by atoms with Crippen LogP contribution < -0.4 is 5.32 Å². The molecule has 1 heterocycles. The average molecular weight is 239 g/mol. The standard InChI is InChI=1S/C10H13N3O4/c1-13(2-3-14)10(17)12-8-4-7(9(15)16)5-11-6-8/h4-6,14H,2-3H2,1H3,(H,12,17)(H,15,16). The Bertz CT molecular complexity index is 422. The number of urea groups is 1. The molecule has 0 radical (unpaired) electrons. The molecule has 0 aliphatic rings. The van der Waals surface area contributed by atoms with E-state index in [0.717, 1.165) is 0 Å². The molecule has 0 atom stereocenters. The highest BCUT2D eigenvalue weighted by Crippen LogP contribution is 2.08. The van der Waals surface area contributed by atoms with Crippen molar-refractivity contribution >= 4 is 17.7 Å². The van der Waals surface area contributed by atoms with Gasteiger partial charge in [0.1, 0.15) is 0 Å². The van der Waals surface area contributed by atoms with Crippen LogP contribution in [0.1, 0.15) is 10.4 Å². The summed E-state index contributed by atoms with van der Waals surface area (Å²) >= 11 is 0. The van der Waals surface area contributed by atoms with Gasteiger partial charge in [-0.2, -0.15) is 0 Å². The van der Waals surface area contributed by atoms with Gasteiger partial charge in [-0.3, -0.25) is 4.98 Å². The second-order valence-corrected chi connectivity index (χ2v) is 3.34. The van der Waals surface area contributed by atoms with Crippen LogP contribution in [0.2, 0.25) is 0 Å². The Kier molecular flexibility index (Phi) is 4.41. The van der Waals surface area contributed by atoms with Gasteiger partial charge < -0.3 is 20.4 Å². The van der Waals surface area contributed by atoms with Gasteiger partial charge in [0, 0.05) is 19.8 Å². The zero-order chi connectivity index (χ0) is 12.8. The summed E-state index contributed by atoms with van der Waals surface area (Å²) in [5, 5.41) is 19.9. The number of hydrogen-bond donors (Lipinski definition) is 3. The molecule has 0 aromatic carbocycles. The largest absolute Gasteiger partial charge is 0.478 e. The molecule has 17 heavy (non-hydrogen) atoms. The van der Waals surface area contributed by atoms with Gasteiger partial charge in [-0.25, -0.2) is 9.59 Å². The Balaban J connectivity index is 2.71. The molecule has 0 bridgehead atoms. The van der Waals surface area contributed by atoms with Crippen molar-refractivity contribution in [1.29, 1.82) is 0 Å². The van der Waals surface area contributed by atoms with Crippen LogP contribution in [0.5, 0.6) is 0 Å². The van der Waals surface area contributed by atoms with Gasteiger partial charge in [-0.1, -0.05) is 0 Å². The first-order chi connectivity index (χ1) is 8.04. The molecule has 1 rings (SSSR count). The van der Waals surface area contributed by atoms with Crippen molar-refractivity contribution < 1.29 is 19.8 Å². The van der Waals surface area contributed by atoms with Crippen molar-refractivity contribution in [1.82, 2.24) is 9.88 Å². The summed E-state index contributed by atoms with van der Waals surface area (Å²) in [6, 6.07) is 0.864. The molecule has 3 N–H and O–H groups in total. The Hall–Kier alpha value is -2.15. The van der Waals surface area contributed by atoms with E-state index in [1.54, 1.807) is 0 Å². The lowest BCUT2D eigenvalue weighted by atomic mass is 10.2. The number of likely N-dealkylation sites (N-methyl/N-ethyl adjacent to an activating group) is 1. The number of carboxylic acids is 1. The van der Waals surface area contributed by atoms with Gasteiger partial charge in [0.25, 0.3) is 0 Å². The van der Waals surface area contributed by atoms with Crippen molar-refractivity contribution in [2.75, 3.05) is 25.5 Å². The summed E-state index contributed by atoms with van der Waals surface area (Å²) in [5.74, 6) is -1.11. The molecule has 0 saturated carbocycles. The fourth-order valence-corrected chi connectivity index (χ4v) is 1.10. The molecule has 7 nitrogen and oxygen atoms in total. The van der Waals surface area contributed by atoms with Crippen LogP contribution in [0, 0.1) is 0 Å². The van der Waals surface area contributed by atoms with Crippen LogP contribution in [-0.4, -0.2) is 52.3 Å². The van der Waals surface area contributed by atoms with Gasteiger partial charge in [0.15, 0.2) is 0 Å². The molecule has 0 saturated heterocycles. The van der Waals surface area contributed by atoms with E-state index in [4.69, 9.17) is 10.2 Å². The fraction of sp³-hybridized carbons (Fsp3) is 0.300. The molecule has 0 aliphatic carbocycles. The number of anilines is 1. The first-order valence-electron chi connectivity index (χ1n) is 4.86. The Labute approximate surface area is 97.7 Å². The summed E-state index contributed by atoms with van der Waals surface area (Å²) in [6.07, 6.45) is 2.53. The van der Waals surface area contributed by atoms with Gasteiger partial charge in [0.2, 0.25) is 0 Å². The van der Waals surface area contributed by atoms with Crippen LogP contribution in [-0.2, 0) is 0 Å².